The Labute approximate surface area is 562 Å². The van der Waals surface area contributed by atoms with Crippen molar-refractivity contribution in [2.24, 2.45) is 0 Å². The second-order valence-electron chi connectivity index (χ2n) is 26.3. The molecule has 0 amide bonds. The molecule has 0 aliphatic heterocycles. The van der Waals surface area contributed by atoms with Crippen LogP contribution in [0.3, 0.4) is 0 Å². The Bertz CT molecular complexity index is 1760. The first-order chi connectivity index (χ1) is 44.7. The number of aliphatic hydroxyl groups excluding tert-OH is 1. The monoisotopic (exact) mass is 1350 g/mol. The third-order valence-corrected chi connectivity index (χ3v) is 19.0. The Morgan fingerprint density at radius 2 is 0.435 bits per heavy atom. The van der Waals surface area contributed by atoms with Crippen LogP contribution in [0.25, 0.3) is 0 Å². The van der Waals surface area contributed by atoms with Crippen molar-refractivity contribution in [3.63, 3.8) is 0 Å². The molecule has 92 heavy (non-hydrogen) atoms. The number of hydrogen-bond donors (Lipinski definition) is 3. The van der Waals surface area contributed by atoms with E-state index in [-0.39, 0.29) is 25.7 Å². The molecule has 5 atom stereocenters. The SMILES string of the molecule is CCCCCCCCCCCCCCCCCCCCCCCCC(=O)O[C@H](COC(=O)CCCCCCCCCCCCCCCC)COP(=O)(O)OC[C@@H](O)COP(=O)(O)OC[C@@H](COC(=O)CCCCCCC)OC(=O)CCCCCCCCCCCCC. The Morgan fingerprint density at radius 3 is 0.641 bits per heavy atom. The third-order valence-electron chi connectivity index (χ3n) is 17.1. The van der Waals surface area contributed by atoms with E-state index in [9.17, 15) is 43.2 Å². The van der Waals surface area contributed by atoms with Crippen molar-refractivity contribution in [1.29, 1.82) is 0 Å². The Hall–Kier alpha value is -1.94. The summed E-state index contributed by atoms with van der Waals surface area (Å²) in [7, 11) is -9.89. The topological polar surface area (TPSA) is 237 Å². The van der Waals surface area contributed by atoms with Crippen LogP contribution in [-0.2, 0) is 65.4 Å². The summed E-state index contributed by atoms with van der Waals surface area (Å²) in [6, 6.07) is 0. The first kappa shape index (κ1) is 90.1. The largest absolute Gasteiger partial charge is 0.472 e. The van der Waals surface area contributed by atoms with E-state index in [1.807, 2.05) is 0 Å². The zero-order valence-corrected chi connectivity index (χ0v) is 61.3. The number of phosphoric acid groups is 2. The molecule has 546 valence electrons. The van der Waals surface area contributed by atoms with Gasteiger partial charge in [-0.25, -0.2) is 9.13 Å². The van der Waals surface area contributed by atoms with Gasteiger partial charge in [0.25, 0.3) is 0 Å². The molecule has 0 bridgehead atoms. The number of aliphatic hydroxyl groups is 1. The van der Waals surface area contributed by atoms with Gasteiger partial charge in [0.15, 0.2) is 12.2 Å². The molecule has 0 spiro atoms. The lowest BCUT2D eigenvalue weighted by molar-refractivity contribution is -0.161. The average molecular weight is 1350 g/mol. The van der Waals surface area contributed by atoms with Crippen LogP contribution >= 0.6 is 15.6 Å². The van der Waals surface area contributed by atoms with Gasteiger partial charge in [-0.05, 0) is 25.7 Å². The first-order valence-electron chi connectivity index (χ1n) is 38.3. The molecule has 2 unspecified atom stereocenters. The number of phosphoric ester groups is 2. The number of ether oxygens (including phenoxy) is 4. The molecule has 0 aromatic heterocycles. The summed E-state index contributed by atoms with van der Waals surface area (Å²) in [5.41, 5.74) is 0. The smallest absolute Gasteiger partial charge is 0.462 e. The third kappa shape index (κ3) is 66.7. The predicted octanol–water partition coefficient (Wildman–Crippen LogP) is 21.4. The number of rotatable bonds is 74. The van der Waals surface area contributed by atoms with Gasteiger partial charge in [0, 0.05) is 25.7 Å². The highest BCUT2D eigenvalue weighted by Gasteiger charge is 2.30. The molecule has 0 radical (unpaired) electrons. The standard InChI is InChI=1S/C73H142O17P2/c1-5-9-13-17-20-23-26-28-30-31-32-33-34-35-36-37-39-42-45-48-52-56-60-73(78)90-69(64-84-71(76)58-54-50-46-43-41-38-29-27-24-21-18-14-10-6-2)66-88-92(81,82)86-62-67(74)61-85-91(79,80)87-65-68(63-83-70(75)57-53-49-16-12-8-4)89-72(77)59-55-51-47-44-40-25-22-19-15-11-7-3/h67-69,74H,5-66H2,1-4H3,(H,79,80)(H,81,82)/t67-,68+,69+/m0/s1. The molecule has 0 aromatic carbocycles. The van der Waals surface area contributed by atoms with E-state index < -0.39 is 97.5 Å². The maximum Gasteiger partial charge on any atom is 0.472 e. The lowest BCUT2D eigenvalue weighted by atomic mass is 10.0. The summed E-state index contributed by atoms with van der Waals surface area (Å²) in [6.07, 6.45) is 57.4. The predicted molar refractivity (Wildman–Crippen MR) is 372 cm³/mol. The van der Waals surface area contributed by atoms with Crippen molar-refractivity contribution < 1.29 is 80.2 Å². The number of hydrogen-bond acceptors (Lipinski definition) is 15. The van der Waals surface area contributed by atoms with E-state index in [0.29, 0.717) is 25.7 Å². The van der Waals surface area contributed by atoms with Crippen molar-refractivity contribution in [3.05, 3.63) is 0 Å². The van der Waals surface area contributed by atoms with Gasteiger partial charge in [0.2, 0.25) is 0 Å². The Kier molecular flexibility index (Phi) is 66.2. The highest BCUT2D eigenvalue weighted by Crippen LogP contribution is 2.45. The van der Waals surface area contributed by atoms with Crippen LogP contribution < -0.4 is 0 Å². The van der Waals surface area contributed by atoms with E-state index in [0.717, 1.165) is 96.3 Å². The van der Waals surface area contributed by atoms with Crippen LogP contribution in [0.2, 0.25) is 0 Å². The number of carbonyl (C=O) groups excluding carboxylic acids is 4. The molecule has 0 heterocycles. The molecule has 0 aromatic rings. The lowest BCUT2D eigenvalue weighted by Crippen LogP contribution is -2.30. The summed E-state index contributed by atoms with van der Waals surface area (Å²) in [6.45, 7) is 4.87. The zero-order valence-electron chi connectivity index (χ0n) is 59.5. The van der Waals surface area contributed by atoms with Gasteiger partial charge in [-0.15, -0.1) is 0 Å². The molecule has 0 rings (SSSR count). The van der Waals surface area contributed by atoms with Gasteiger partial charge in [-0.1, -0.05) is 336 Å². The molecular formula is C73H142O17P2. The number of esters is 4. The second kappa shape index (κ2) is 67.6. The van der Waals surface area contributed by atoms with Crippen LogP contribution in [0, 0.1) is 0 Å². The Morgan fingerprint density at radius 1 is 0.261 bits per heavy atom. The van der Waals surface area contributed by atoms with Crippen LogP contribution in [0.5, 0.6) is 0 Å². The fourth-order valence-electron chi connectivity index (χ4n) is 11.2. The summed E-state index contributed by atoms with van der Waals surface area (Å²) >= 11 is 0. The van der Waals surface area contributed by atoms with Gasteiger partial charge < -0.3 is 33.8 Å². The van der Waals surface area contributed by atoms with Crippen LogP contribution in [-0.4, -0.2) is 96.7 Å². The molecule has 0 saturated carbocycles. The molecule has 19 heteroatoms. The quantitative estimate of drug-likeness (QED) is 0.0222. The maximum atomic E-state index is 13.1. The van der Waals surface area contributed by atoms with Crippen molar-refractivity contribution >= 4 is 39.5 Å². The van der Waals surface area contributed by atoms with Gasteiger partial charge in [0.1, 0.15) is 19.3 Å². The average Bonchev–Trinajstić information content (AvgIpc) is 2.13. The van der Waals surface area contributed by atoms with E-state index in [4.69, 9.17) is 37.0 Å². The first-order valence-corrected chi connectivity index (χ1v) is 41.3. The van der Waals surface area contributed by atoms with Crippen LogP contribution in [0.1, 0.15) is 387 Å². The fraction of sp³-hybridized carbons (Fsp3) is 0.945. The molecular weight excluding hydrogens is 1210 g/mol. The molecule has 0 saturated heterocycles. The highest BCUT2D eigenvalue weighted by atomic mass is 31.2. The molecule has 0 aliphatic rings. The van der Waals surface area contributed by atoms with Gasteiger partial charge in [0.05, 0.1) is 26.4 Å². The van der Waals surface area contributed by atoms with Crippen LogP contribution in [0.4, 0.5) is 0 Å². The summed E-state index contributed by atoms with van der Waals surface area (Å²) in [5.74, 6) is -2.13. The zero-order chi connectivity index (χ0) is 67.5. The normalized spacial score (nSPS) is 13.9. The molecule has 17 nitrogen and oxygen atoms in total. The fourth-order valence-corrected chi connectivity index (χ4v) is 12.8. The van der Waals surface area contributed by atoms with Gasteiger partial charge in [-0.2, -0.15) is 0 Å². The van der Waals surface area contributed by atoms with Gasteiger partial charge >= 0.3 is 39.5 Å². The summed E-state index contributed by atoms with van der Waals surface area (Å²) in [4.78, 5) is 72.3. The molecule has 3 N–H and O–H groups in total. The van der Waals surface area contributed by atoms with Crippen molar-refractivity contribution in [1.82, 2.24) is 0 Å². The van der Waals surface area contributed by atoms with E-state index >= 15 is 0 Å². The maximum absolute atomic E-state index is 13.1. The Balaban J connectivity index is 5.09. The number of unbranched alkanes of at least 4 members (excludes halogenated alkanes) is 48. The molecule has 0 aliphatic carbocycles. The van der Waals surface area contributed by atoms with Crippen molar-refractivity contribution in [2.45, 2.75) is 406 Å². The van der Waals surface area contributed by atoms with E-state index in [1.165, 1.54) is 212 Å². The van der Waals surface area contributed by atoms with E-state index in [2.05, 4.69) is 27.7 Å². The minimum Gasteiger partial charge on any atom is -0.462 e. The van der Waals surface area contributed by atoms with Crippen molar-refractivity contribution in [3.8, 4) is 0 Å². The van der Waals surface area contributed by atoms with Gasteiger partial charge in [-0.3, -0.25) is 37.3 Å². The summed E-state index contributed by atoms with van der Waals surface area (Å²) in [5, 5.41) is 10.6. The molecule has 0 fully saturated rings. The lowest BCUT2D eigenvalue weighted by Gasteiger charge is -2.21. The minimum atomic E-state index is -4.95. The van der Waals surface area contributed by atoms with Crippen LogP contribution in [0.15, 0.2) is 0 Å². The van der Waals surface area contributed by atoms with E-state index in [1.54, 1.807) is 0 Å². The minimum absolute atomic E-state index is 0.107. The highest BCUT2D eigenvalue weighted by molar-refractivity contribution is 7.47. The van der Waals surface area contributed by atoms with Crippen molar-refractivity contribution in [2.75, 3.05) is 39.6 Å². The number of carbonyl (C=O) groups is 4. The second-order valence-corrected chi connectivity index (χ2v) is 29.2. The summed E-state index contributed by atoms with van der Waals surface area (Å²) < 4.78 is 68.1.